The minimum Gasteiger partial charge on any atom is -0.339 e. The molecule has 0 saturated heterocycles. The van der Waals surface area contributed by atoms with Gasteiger partial charge in [-0.3, -0.25) is 4.79 Å². The van der Waals surface area contributed by atoms with E-state index in [0.717, 1.165) is 17.8 Å². The lowest BCUT2D eigenvalue weighted by atomic mass is 10.3. The Hall–Kier alpha value is -0.980. The van der Waals surface area contributed by atoms with E-state index in [4.69, 9.17) is 11.6 Å². The van der Waals surface area contributed by atoms with Gasteiger partial charge in [0, 0.05) is 18.5 Å². The number of nitrogens with zero attached hydrogens (tertiary/aromatic N) is 3. The third kappa shape index (κ3) is 3.24. The van der Waals surface area contributed by atoms with Gasteiger partial charge in [0.1, 0.15) is 0 Å². The first-order valence-electron chi connectivity index (χ1n) is 4.93. The van der Waals surface area contributed by atoms with Crippen LogP contribution >= 0.6 is 34.3 Å². The Balaban J connectivity index is 1.91. The Morgan fingerprint density at radius 1 is 1.53 bits per heavy atom. The predicted octanol–water partition coefficient (Wildman–Crippen LogP) is 2.57. The highest BCUT2D eigenvalue weighted by atomic mass is 35.5. The van der Waals surface area contributed by atoms with E-state index in [-0.39, 0.29) is 5.91 Å². The van der Waals surface area contributed by atoms with Crippen molar-refractivity contribution in [3.63, 3.8) is 0 Å². The third-order valence-electron chi connectivity index (χ3n) is 2.20. The average molecular weight is 288 g/mol. The summed E-state index contributed by atoms with van der Waals surface area (Å²) in [6, 6.07) is 4.07. The molecule has 0 spiro atoms. The molecular formula is C10H10ClN3OS2. The van der Waals surface area contributed by atoms with Crippen LogP contribution in [-0.4, -0.2) is 34.6 Å². The molecule has 0 atom stereocenters. The summed E-state index contributed by atoms with van der Waals surface area (Å²) in [5.74, 6) is -0.133. The van der Waals surface area contributed by atoms with Crippen molar-refractivity contribution in [2.45, 2.75) is 6.42 Å². The number of rotatable bonds is 4. The summed E-state index contributed by atoms with van der Waals surface area (Å²) in [5, 5.41) is 9.71. The fourth-order valence-electron chi connectivity index (χ4n) is 1.29. The fraction of sp³-hybridized carbons (Fsp3) is 0.300. The van der Waals surface area contributed by atoms with Crippen LogP contribution in [0.25, 0.3) is 0 Å². The number of amides is 1. The number of halogens is 1. The van der Waals surface area contributed by atoms with Crippen LogP contribution in [0.1, 0.15) is 14.7 Å². The van der Waals surface area contributed by atoms with Crippen molar-refractivity contribution in [3.05, 3.63) is 31.9 Å². The van der Waals surface area contributed by atoms with Gasteiger partial charge in [-0.25, -0.2) is 0 Å². The third-order valence-corrected chi connectivity index (χ3v) is 4.15. The van der Waals surface area contributed by atoms with Crippen molar-refractivity contribution in [1.29, 1.82) is 0 Å². The Kier molecular flexibility index (Phi) is 4.09. The zero-order valence-electron chi connectivity index (χ0n) is 9.09. The van der Waals surface area contributed by atoms with E-state index in [1.165, 1.54) is 4.88 Å². The van der Waals surface area contributed by atoms with Gasteiger partial charge >= 0.3 is 0 Å². The summed E-state index contributed by atoms with van der Waals surface area (Å²) in [7, 11) is 1.76. The molecule has 0 fully saturated rings. The second kappa shape index (κ2) is 5.57. The van der Waals surface area contributed by atoms with E-state index in [1.54, 1.807) is 23.3 Å². The van der Waals surface area contributed by atoms with Crippen molar-refractivity contribution in [1.82, 2.24) is 15.1 Å². The van der Waals surface area contributed by atoms with Crippen LogP contribution in [0.4, 0.5) is 0 Å². The molecule has 0 aliphatic rings. The largest absolute Gasteiger partial charge is 0.339 e. The molecule has 0 saturated carbocycles. The topological polar surface area (TPSA) is 46.1 Å². The van der Waals surface area contributed by atoms with Crippen LogP contribution < -0.4 is 0 Å². The van der Waals surface area contributed by atoms with Crippen molar-refractivity contribution in [2.75, 3.05) is 13.6 Å². The van der Waals surface area contributed by atoms with Gasteiger partial charge in [-0.05, 0) is 29.5 Å². The van der Waals surface area contributed by atoms with Gasteiger partial charge in [0.05, 0.1) is 0 Å². The quantitative estimate of drug-likeness (QED) is 0.868. The minimum atomic E-state index is -0.133. The molecule has 90 valence electrons. The number of carbonyl (C=O) groups excluding carboxylic acids is 1. The molecule has 0 unspecified atom stereocenters. The number of hydrogen-bond donors (Lipinski definition) is 0. The number of aromatic nitrogens is 2. The first-order valence-corrected chi connectivity index (χ1v) is 7.01. The second-order valence-corrected chi connectivity index (χ2v) is 6.01. The molecular weight excluding hydrogens is 278 g/mol. The number of carbonyl (C=O) groups is 1. The van der Waals surface area contributed by atoms with Crippen LogP contribution in [0.3, 0.4) is 0 Å². The summed E-state index contributed by atoms with van der Waals surface area (Å²) >= 11 is 8.44. The molecule has 0 aliphatic heterocycles. The number of likely N-dealkylation sites (N-methyl/N-ethyl adjacent to an activating group) is 1. The molecule has 4 nitrogen and oxygen atoms in total. The SMILES string of the molecule is CN(CCc1cccs1)C(=O)c1nnc(Cl)s1. The molecule has 1 amide bonds. The Morgan fingerprint density at radius 3 is 2.94 bits per heavy atom. The molecule has 0 N–H and O–H groups in total. The molecule has 0 aromatic carbocycles. The van der Waals surface area contributed by atoms with Gasteiger partial charge < -0.3 is 4.90 Å². The molecule has 2 aromatic rings. The predicted molar refractivity (Wildman–Crippen MR) is 69.9 cm³/mol. The van der Waals surface area contributed by atoms with Crippen LogP contribution in [0.5, 0.6) is 0 Å². The standard InChI is InChI=1S/C10H10ClN3OS2/c1-14(5-4-7-3-2-6-16-7)9(15)8-12-13-10(11)17-8/h2-3,6H,4-5H2,1H3. The zero-order chi connectivity index (χ0) is 12.3. The molecule has 2 aromatic heterocycles. The first-order chi connectivity index (χ1) is 8.16. The zero-order valence-corrected chi connectivity index (χ0v) is 11.5. The summed E-state index contributed by atoms with van der Waals surface area (Å²) in [6.45, 7) is 0.663. The highest BCUT2D eigenvalue weighted by Gasteiger charge is 2.16. The van der Waals surface area contributed by atoms with Gasteiger partial charge in [0.25, 0.3) is 5.91 Å². The van der Waals surface area contributed by atoms with E-state index in [9.17, 15) is 4.79 Å². The lowest BCUT2D eigenvalue weighted by molar-refractivity contribution is 0.0795. The van der Waals surface area contributed by atoms with Crippen LogP contribution in [0, 0.1) is 0 Å². The first kappa shape index (κ1) is 12.5. The summed E-state index contributed by atoms with van der Waals surface area (Å²) < 4.78 is 0.292. The lowest BCUT2D eigenvalue weighted by Gasteiger charge is -2.14. The van der Waals surface area contributed by atoms with Gasteiger partial charge in [-0.2, -0.15) is 0 Å². The minimum absolute atomic E-state index is 0.133. The molecule has 2 rings (SSSR count). The Bertz CT molecular complexity index is 497. The number of hydrogen-bond acceptors (Lipinski definition) is 5. The van der Waals surface area contributed by atoms with Crippen LogP contribution in [0.2, 0.25) is 4.47 Å². The monoisotopic (exact) mass is 287 g/mol. The van der Waals surface area contributed by atoms with E-state index in [0.29, 0.717) is 16.0 Å². The van der Waals surface area contributed by atoms with E-state index in [1.807, 2.05) is 11.4 Å². The Labute approximate surface area is 112 Å². The van der Waals surface area contributed by atoms with Gasteiger partial charge in [0.2, 0.25) is 9.47 Å². The highest BCUT2D eigenvalue weighted by Crippen LogP contribution is 2.16. The molecule has 0 bridgehead atoms. The van der Waals surface area contributed by atoms with Crippen LogP contribution in [-0.2, 0) is 6.42 Å². The van der Waals surface area contributed by atoms with Crippen molar-refractivity contribution >= 4 is 40.2 Å². The molecule has 0 aliphatic carbocycles. The lowest BCUT2D eigenvalue weighted by Crippen LogP contribution is -2.28. The van der Waals surface area contributed by atoms with E-state index >= 15 is 0 Å². The normalized spacial score (nSPS) is 10.5. The van der Waals surface area contributed by atoms with Gasteiger partial charge in [-0.15, -0.1) is 21.5 Å². The fourth-order valence-corrected chi connectivity index (χ4v) is 2.81. The maximum absolute atomic E-state index is 11.9. The molecule has 0 radical (unpaired) electrons. The second-order valence-electron chi connectivity index (χ2n) is 3.42. The summed E-state index contributed by atoms with van der Waals surface area (Å²) in [4.78, 5) is 14.8. The summed E-state index contributed by atoms with van der Waals surface area (Å²) in [5.41, 5.74) is 0. The number of thiophene rings is 1. The average Bonchev–Trinajstić information content (AvgIpc) is 2.95. The highest BCUT2D eigenvalue weighted by molar-refractivity contribution is 7.17. The van der Waals surface area contributed by atoms with E-state index in [2.05, 4.69) is 16.3 Å². The van der Waals surface area contributed by atoms with E-state index < -0.39 is 0 Å². The molecule has 2 heterocycles. The molecule has 7 heteroatoms. The summed E-state index contributed by atoms with van der Waals surface area (Å²) in [6.07, 6.45) is 0.854. The van der Waals surface area contributed by atoms with Gasteiger partial charge in [-0.1, -0.05) is 17.4 Å². The van der Waals surface area contributed by atoms with Gasteiger partial charge in [0.15, 0.2) is 0 Å². The Morgan fingerprint density at radius 2 is 2.35 bits per heavy atom. The molecule has 17 heavy (non-hydrogen) atoms. The smallest absolute Gasteiger partial charge is 0.284 e. The maximum Gasteiger partial charge on any atom is 0.284 e. The van der Waals surface area contributed by atoms with Crippen molar-refractivity contribution < 1.29 is 4.79 Å². The van der Waals surface area contributed by atoms with Crippen molar-refractivity contribution in [2.24, 2.45) is 0 Å². The van der Waals surface area contributed by atoms with Crippen LogP contribution in [0.15, 0.2) is 17.5 Å². The van der Waals surface area contributed by atoms with Crippen molar-refractivity contribution in [3.8, 4) is 0 Å². The maximum atomic E-state index is 11.9.